The van der Waals surface area contributed by atoms with Crippen LogP contribution < -0.4 is 10.2 Å². The van der Waals surface area contributed by atoms with Gasteiger partial charge in [0.15, 0.2) is 10.9 Å². The van der Waals surface area contributed by atoms with Gasteiger partial charge in [0.2, 0.25) is 5.91 Å². The average Bonchev–Trinajstić information content (AvgIpc) is 3.53. The summed E-state index contributed by atoms with van der Waals surface area (Å²) in [4.78, 5) is 31.6. The minimum atomic E-state index is -0.313. The van der Waals surface area contributed by atoms with Crippen LogP contribution in [0.3, 0.4) is 0 Å². The standard InChI is InChI=1S/C23H23N3O3S/c27-21(20-7-4-12-29-20)25-23-24-18(14-30-23)16-8-9-19-17(13-16)10-11-26(19)22(28)15-5-2-1-3-6-15/h4,7-9,12-15H,1-3,5-6,10-11H2,(H,24,25,27). The first kappa shape index (κ1) is 19.1. The van der Waals surface area contributed by atoms with Crippen LogP contribution in [0.5, 0.6) is 0 Å². The van der Waals surface area contributed by atoms with E-state index in [0.29, 0.717) is 5.13 Å². The van der Waals surface area contributed by atoms with Gasteiger partial charge in [-0.25, -0.2) is 4.98 Å². The maximum atomic E-state index is 13.0. The van der Waals surface area contributed by atoms with Crippen LogP contribution in [0.25, 0.3) is 11.3 Å². The quantitative estimate of drug-likeness (QED) is 0.634. The van der Waals surface area contributed by atoms with Crippen LogP contribution in [0.2, 0.25) is 0 Å². The van der Waals surface area contributed by atoms with Crippen LogP contribution in [0.1, 0.15) is 48.2 Å². The molecule has 1 N–H and O–H groups in total. The van der Waals surface area contributed by atoms with Crippen LogP contribution in [0, 0.1) is 5.92 Å². The number of nitrogens with zero attached hydrogens (tertiary/aromatic N) is 2. The molecule has 1 fully saturated rings. The van der Waals surface area contributed by atoms with Gasteiger partial charge < -0.3 is 9.32 Å². The second-order valence-corrected chi connectivity index (χ2v) is 8.75. The Balaban J connectivity index is 1.31. The van der Waals surface area contributed by atoms with Crippen molar-refractivity contribution in [1.29, 1.82) is 0 Å². The third kappa shape index (κ3) is 3.65. The largest absolute Gasteiger partial charge is 0.459 e. The molecular formula is C23H23N3O3S. The predicted molar refractivity (Wildman–Crippen MR) is 117 cm³/mol. The Kier molecular flexibility index (Phi) is 5.12. The van der Waals surface area contributed by atoms with Crippen molar-refractivity contribution in [2.24, 2.45) is 5.92 Å². The molecule has 6 nitrogen and oxygen atoms in total. The molecule has 0 atom stereocenters. The lowest BCUT2D eigenvalue weighted by Gasteiger charge is -2.26. The summed E-state index contributed by atoms with van der Waals surface area (Å²) in [6.45, 7) is 0.760. The van der Waals surface area contributed by atoms with Crippen LogP contribution >= 0.6 is 11.3 Å². The Bertz CT molecular complexity index is 1070. The maximum absolute atomic E-state index is 13.0. The van der Waals surface area contributed by atoms with Gasteiger partial charge in [0.1, 0.15) is 0 Å². The third-order valence-electron chi connectivity index (χ3n) is 5.96. The van der Waals surface area contributed by atoms with Gasteiger partial charge in [-0.1, -0.05) is 25.3 Å². The molecule has 1 aromatic carbocycles. The Morgan fingerprint density at radius 1 is 1.17 bits per heavy atom. The third-order valence-corrected chi connectivity index (χ3v) is 6.72. The van der Waals surface area contributed by atoms with Crippen molar-refractivity contribution in [1.82, 2.24) is 4.98 Å². The van der Waals surface area contributed by atoms with Gasteiger partial charge in [0.25, 0.3) is 5.91 Å². The van der Waals surface area contributed by atoms with Gasteiger partial charge in [-0.3, -0.25) is 14.9 Å². The van der Waals surface area contributed by atoms with E-state index in [0.717, 1.165) is 42.8 Å². The number of thiazole rings is 1. The maximum Gasteiger partial charge on any atom is 0.293 e. The number of carbonyl (C=O) groups excluding carboxylic acids is 2. The van der Waals surface area contributed by atoms with Gasteiger partial charge in [0.05, 0.1) is 12.0 Å². The summed E-state index contributed by atoms with van der Waals surface area (Å²) in [6.07, 6.45) is 7.96. The number of carbonyl (C=O) groups is 2. The van der Waals surface area contributed by atoms with E-state index in [-0.39, 0.29) is 23.5 Å². The highest BCUT2D eigenvalue weighted by molar-refractivity contribution is 7.14. The van der Waals surface area contributed by atoms with Crippen molar-refractivity contribution in [3.8, 4) is 11.3 Å². The predicted octanol–water partition coefficient (Wildman–Crippen LogP) is 5.12. The second kappa shape index (κ2) is 8.07. The summed E-state index contributed by atoms with van der Waals surface area (Å²) in [7, 11) is 0. The number of aromatic nitrogens is 1. The van der Waals surface area contributed by atoms with Crippen molar-refractivity contribution in [2.75, 3.05) is 16.8 Å². The molecule has 3 aromatic rings. The van der Waals surface area contributed by atoms with E-state index >= 15 is 0 Å². The summed E-state index contributed by atoms with van der Waals surface area (Å²) < 4.78 is 5.12. The van der Waals surface area contributed by atoms with Gasteiger partial charge in [-0.2, -0.15) is 0 Å². The molecular weight excluding hydrogens is 398 g/mol. The number of benzene rings is 1. The van der Waals surface area contributed by atoms with E-state index < -0.39 is 0 Å². The average molecular weight is 422 g/mol. The van der Waals surface area contributed by atoms with Crippen molar-refractivity contribution in [3.63, 3.8) is 0 Å². The minimum absolute atomic E-state index is 0.184. The molecule has 2 amide bonds. The first-order valence-corrected chi connectivity index (χ1v) is 11.3. The smallest absolute Gasteiger partial charge is 0.293 e. The summed E-state index contributed by atoms with van der Waals surface area (Å²) >= 11 is 1.38. The van der Waals surface area contributed by atoms with Crippen molar-refractivity contribution < 1.29 is 14.0 Å². The van der Waals surface area contributed by atoms with Gasteiger partial charge in [-0.05, 0) is 49.1 Å². The molecule has 7 heteroatoms. The van der Waals surface area contributed by atoms with Crippen LogP contribution in [0.4, 0.5) is 10.8 Å². The summed E-state index contributed by atoms with van der Waals surface area (Å²) in [5, 5.41) is 5.23. The number of hydrogen-bond donors (Lipinski definition) is 1. The molecule has 30 heavy (non-hydrogen) atoms. The highest BCUT2D eigenvalue weighted by Crippen LogP contribution is 2.36. The van der Waals surface area contributed by atoms with Crippen LogP contribution in [-0.4, -0.2) is 23.3 Å². The highest BCUT2D eigenvalue weighted by Gasteiger charge is 2.31. The monoisotopic (exact) mass is 421 g/mol. The van der Waals surface area contributed by atoms with Crippen molar-refractivity contribution in [2.45, 2.75) is 38.5 Å². The normalized spacial score (nSPS) is 16.5. The number of furan rings is 1. The molecule has 0 radical (unpaired) electrons. The van der Waals surface area contributed by atoms with Gasteiger partial charge in [-0.15, -0.1) is 11.3 Å². The molecule has 0 bridgehead atoms. The molecule has 2 aromatic heterocycles. The van der Waals surface area contributed by atoms with Gasteiger partial charge in [0, 0.05) is 29.1 Å². The van der Waals surface area contributed by atoms with Crippen molar-refractivity contribution >= 4 is 34.0 Å². The number of hydrogen-bond acceptors (Lipinski definition) is 5. The number of amides is 2. The van der Waals surface area contributed by atoms with Gasteiger partial charge >= 0.3 is 0 Å². The second-order valence-electron chi connectivity index (χ2n) is 7.89. The minimum Gasteiger partial charge on any atom is -0.459 e. The fourth-order valence-corrected chi connectivity index (χ4v) is 5.10. The lowest BCUT2D eigenvalue weighted by atomic mass is 9.88. The number of fused-ring (bicyclic) bond motifs is 1. The molecule has 1 aliphatic carbocycles. The van der Waals surface area contributed by atoms with E-state index in [2.05, 4.69) is 16.4 Å². The zero-order valence-corrected chi connectivity index (χ0v) is 17.4. The summed E-state index contributed by atoms with van der Waals surface area (Å²) in [6, 6.07) is 9.47. The number of nitrogens with one attached hydrogen (secondary N) is 1. The Morgan fingerprint density at radius 3 is 2.83 bits per heavy atom. The molecule has 1 saturated carbocycles. The molecule has 154 valence electrons. The molecule has 1 aliphatic heterocycles. The van der Waals surface area contributed by atoms with E-state index in [1.165, 1.54) is 42.4 Å². The van der Waals surface area contributed by atoms with E-state index in [4.69, 9.17) is 4.42 Å². The van der Waals surface area contributed by atoms with E-state index in [9.17, 15) is 9.59 Å². The Morgan fingerprint density at radius 2 is 2.03 bits per heavy atom. The first-order valence-electron chi connectivity index (χ1n) is 10.4. The van der Waals surface area contributed by atoms with E-state index in [1.807, 2.05) is 22.4 Å². The highest BCUT2D eigenvalue weighted by atomic mass is 32.1. The Hall–Kier alpha value is -2.93. The Labute approximate surface area is 178 Å². The lowest BCUT2D eigenvalue weighted by Crippen LogP contribution is -2.35. The summed E-state index contributed by atoms with van der Waals surface area (Å²) in [5.74, 6) is 0.416. The zero-order chi connectivity index (χ0) is 20.5. The van der Waals surface area contributed by atoms with E-state index in [1.54, 1.807) is 12.1 Å². The summed E-state index contributed by atoms with van der Waals surface area (Å²) in [5.41, 5.74) is 4.03. The number of rotatable bonds is 4. The molecule has 2 aliphatic rings. The molecule has 0 spiro atoms. The zero-order valence-electron chi connectivity index (χ0n) is 16.6. The van der Waals surface area contributed by atoms with Crippen LogP contribution in [-0.2, 0) is 11.2 Å². The first-order chi connectivity index (χ1) is 14.7. The fourth-order valence-electron chi connectivity index (χ4n) is 4.39. The molecule has 0 unspecified atom stereocenters. The number of anilines is 2. The van der Waals surface area contributed by atoms with Crippen molar-refractivity contribution in [3.05, 3.63) is 53.3 Å². The SMILES string of the molecule is O=C(Nc1nc(-c2ccc3c(c2)CCN3C(=O)C2CCCCC2)cs1)c1ccco1. The molecule has 3 heterocycles. The molecule has 5 rings (SSSR count). The lowest BCUT2D eigenvalue weighted by molar-refractivity contribution is -0.123. The fraction of sp³-hybridized carbons (Fsp3) is 0.348. The van der Waals surface area contributed by atoms with Crippen LogP contribution in [0.15, 0.2) is 46.4 Å². The topological polar surface area (TPSA) is 75.4 Å². The molecule has 0 saturated heterocycles.